The molecule has 0 bridgehead atoms. The topological polar surface area (TPSA) is 63.6 Å². The Balaban J connectivity index is 3.17. The number of carbonyl (C=O) groups is 2. The third-order valence-electron chi connectivity index (χ3n) is 6.05. The number of carbonyl (C=O) groups excluding carboxylic acids is 1. The van der Waals surface area contributed by atoms with Crippen LogP contribution in [0.4, 0.5) is 0 Å². The van der Waals surface area contributed by atoms with Crippen molar-refractivity contribution in [3.8, 4) is 0 Å². The van der Waals surface area contributed by atoms with Gasteiger partial charge in [-0.25, -0.2) is 0 Å². The molecule has 0 aliphatic heterocycles. The summed E-state index contributed by atoms with van der Waals surface area (Å²) in [5.41, 5.74) is 0.598. The van der Waals surface area contributed by atoms with Crippen LogP contribution in [0.2, 0.25) is 16.1 Å². The van der Waals surface area contributed by atoms with Crippen molar-refractivity contribution in [2.75, 3.05) is 0 Å². The molecule has 1 saturated carbocycles. The van der Waals surface area contributed by atoms with Crippen LogP contribution in [-0.4, -0.2) is 25.4 Å². The fraction of sp³-hybridized carbons (Fsp3) is 0.895. The van der Waals surface area contributed by atoms with Gasteiger partial charge >= 0.3 is 5.97 Å². The summed E-state index contributed by atoms with van der Waals surface area (Å²) < 4.78 is 6.38. The monoisotopic (exact) mass is 356 g/mol. The third kappa shape index (κ3) is 3.87. The van der Waals surface area contributed by atoms with E-state index in [4.69, 9.17) is 4.43 Å². The molecule has 24 heavy (non-hydrogen) atoms. The van der Waals surface area contributed by atoms with Crippen LogP contribution in [0.15, 0.2) is 0 Å². The van der Waals surface area contributed by atoms with Crippen LogP contribution in [0, 0.1) is 11.8 Å². The van der Waals surface area contributed by atoms with Crippen LogP contribution >= 0.6 is 0 Å². The zero-order valence-corrected chi connectivity index (χ0v) is 17.5. The van der Waals surface area contributed by atoms with E-state index in [1.165, 1.54) is 0 Å². The summed E-state index contributed by atoms with van der Waals surface area (Å²) in [6.07, 6.45) is 4.11. The molecular weight excluding hydrogens is 320 g/mol. The molecule has 0 aromatic heterocycles. The summed E-state index contributed by atoms with van der Waals surface area (Å²) in [5, 5.41) is 9.37. The van der Waals surface area contributed by atoms with Gasteiger partial charge in [0.2, 0.25) is 0 Å². The fourth-order valence-corrected chi connectivity index (χ4v) is 11.5. The van der Waals surface area contributed by atoms with Crippen molar-refractivity contribution in [2.24, 2.45) is 11.8 Å². The summed E-state index contributed by atoms with van der Waals surface area (Å²) in [4.78, 5) is 24.4. The first-order valence-electron chi connectivity index (χ1n) is 9.46. The Labute approximate surface area is 148 Å². The van der Waals surface area contributed by atoms with Crippen molar-refractivity contribution < 1.29 is 19.1 Å². The highest BCUT2D eigenvalue weighted by atomic mass is 28.4. The average Bonchev–Trinajstić information content (AvgIpc) is 2.92. The molecule has 140 valence electrons. The van der Waals surface area contributed by atoms with Gasteiger partial charge < -0.3 is 9.53 Å². The molecule has 1 aliphatic carbocycles. The van der Waals surface area contributed by atoms with Gasteiger partial charge in [0.25, 0.3) is 14.3 Å². The predicted molar refractivity (Wildman–Crippen MR) is 99.5 cm³/mol. The molecule has 1 fully saturated rings. The molecule has 0 aromatic rings. The summed E-state index contributed by atoms with van der Waals surface area (Å²) in [6.45, 7) is 15.3. The van der Waals surface area contributed by atoms with Crippen LogP contribution in [0.25, 0.3) is 0 Å². The molecule has 0 saturated heterocycles. The number of aliphatic carboxylic acids is 1. The van der Waals surface area contributed by atoms with Crippen molar-refractivity contribution >= 4 is 20.3 Å². The van der Waals surface area contributed by atoms with Crippen LogP contribution in [0.5, 0.6) is 0 Å². The minimum absolute atomic E-state index is 0.0307. The van der Waals surface area contributed by atoms with Crippen molar-refractivity contribution in [1.29, 1.82) is 0 Å². The van der Waals surface area contributed by atoms with Gasteiger partial charge in [-0.3, -0.25) is 9.59 Å². The first-order valence-corrected chi connectivity index (χ1v) is 11.5. The van der Waals surface area contributed by atoms with Crippen LogP contribution in [-0.2, 0) is 14.0 Å². The number of carboxylic acids is 1. The molecule has 0 amide bonds. The maximum absolute atomic E-state index is 13.0. The van der Waals surface area contributed by atoms with Gasteiger partial charge in [-0.1, -0.05) is 61.3 Å². The molecule has 2 unspecified atom stereocenters. The summed E-state index contributed by atoms with van der Waals surface area (Å²) >= 11 is 0. The summed E-state index contributed by atoms with van der Waals surface area (Å²) in [7, 11) is -2.44. The van der Waals surface area contributed by atoms with E-state index in [-0.39, 0.29) is 11.0 Å². The van der Waals surface area contributed by atoms with Gasteiger partial charge in [0.05, 0.1) is 11.8 Å². The second-order valence-electron chi connectivity index (χ2n) is 8.64. The molecule has 0 aromatic carbocycles. The number of carboxylic acid groups (broad SMARTS) is 1. The minimum Gasteiger partial charge on any atom is -0.518 e. The Morgan fingerprint density at radius 2 is 1.62 bits per heavy atom. The Kier molecular flexibility index (Phi) is 7.09. The molecule has 0 heterocycles. The van der Waals surface area contributed by atoms with Crippen LogP contribution in [0.3, 0.4) is 0 Å². The standard InChI is InChI=1S/C19H36O4Si/c1-8-12-19(6,7)24(13(2)3,14(4)5)23-18(22)16-11-9-10-15(16)17(20)21/h13-16H,8-12H2,1-7H3,(H,20,21). The fourth-order valence-electron chi connectivity index (χ4n) is 5.20. The first kappa shape index (κ1) is 21.2. The van der Waals surface area contributed by atoms with Crippen molar-refractivity contribution in [3.05, 3.63) is 0 Å². The van der Waals surface area contributed by atoms with Gasteiger partial charge in [-0.2, -0.15) is 0 Å². The van der Waals surface area contributed by atoms with Crippen LogP contribution in [0.1, 0.15) is 80.6 Å². The van der Waals surface area contributed by atoms with E-state index in [9.17, 15) is 14.7 Å². The molecular formula is C19H36O4Si. The van der Waals surface area contributed by atoms with Crippen LogP contribution < -0.4 is 0 Å². The molecule has 1 N–H and O–H groups in total. The average molecular weight is 357 g/mol. The first-order chi connectivity index (χ1) is 11.0. The lowest BCUT2D eigenvalue weighted by atomic mass is 9.97. The second kappa shape index (κ2) is 8.02. The lowest BCUT2D eigenvalue weighted by Crippen LogP contribution is -2.55. The normalized spacial score (nSPS) is 22.2. The SMILES string of the molecule is CCCC(C)(C)[Si](OC(=O)C1CCCC1C(=O)O)(C(C)C)C(C)C. The van der Waals surface area contributed by atoms with Gasteiger partial charge in [0, 0.05) is 0 Å². The van der Waals surface area contributed by atoms with E-state index in [1.807, 2.05) is 0 Å². The Bertz CT molecular complexity index is 448. The van der Waals surface area contributed by atoms with Gasteiger partial charge in [0.15, 0.2) is 0 Å². The van der Waals surface area contributed by atoms with Crippen molar-refractivity contribution in [1.82, 2.24) is 0 Å². The molecule has 0 spiro atoms. The predicted octanol–water partition coefficient (Wildman–Crippen LogP) is 5.38. The van der Waals surface area contributed by atoms with E-state index in [0.29, 0.717) is 23.9 Å². The highest BCUT2D eigenvalue weighted by molar-refractivity contribution is 6.80. The van der Waals surface area contributed by atoms with E-state index in [2.05, 4.69) is 48.5 Å². The second-order valence-corrected chi connectivity index (χ2v) is 14.1. The molecule has 4 nitrogen and oxygen atoms in total. The number of hydrogen-bond donors (Lipinski definition) is 1. The summed E-state index contributed by atoms with van der Waals surface area (Å²) in [6, 6.07) is 0. The number of rotatable bonds is 8. The zero-order valence-electron chi connectivity index (χ0n) is 16.5. The largest absolute Gasteiger partial charge is 0.518 e. The smallest absolute Gasteiger partial charge is 0.307 e. The lowest BCUT2D eigenvalue weighted by Gasteiger charge is -2.49. The Morgan fingerprint density at radius 1 is 1.12 bits per heavy atom. The van der Waals surface area contributed by atoms with E-state index >= 15 is 0 Å². The zero-order chi connectivity index (χ0) is 18.7. The Morgan fingerprint density at radius 3 is 2.04 bits per heavy atom. The quantitative estimate of drug-likeness (QED) is 0.593. The van der Waals surface area contributed by atoms with E-state index < -0.39 is 26.1 Å². The van der Waals surface area contributed by atoms with E-state index in [0.717, 1.165) is 19.3 Å². The maximum Gasteiger partial charge on any atom is 0.307 e. The van der Waals surface area contributed by atoms with Gasteiger partial charge in [-0.05, 0) is 35.4 Å². The van der Waals surface area contributed by atoms with Gasteiger partial charge in [-0.15, -0.1) is 0 Å². The lowest BCUT2D eigenvalue weighted by molar-refractivity contribution is -0.151. The molecule has 2 atom stereocenters. The molecule has 1 rings (SSSR count). The number of hydrogen-bond acceptors (Lipinski definition) is 3. The van der Waals surface area contributed by atoms with Crippen molar-refractivity contribution in [2.45, 2.75) is 96.7 Å². The molecule has 0 radical (unpaired) electrons. The summed E-state index contributed by atoms with van der Waals surface area (Å²) in [5.74, 6) is -2.15. The highest BCUT2D eigenvalue weighted by Gasteiger charge is 2.57. The molecule has 5 heteroatoms. The maximum atomic E-state index is 13.0. The third-order valence-corrected chi connectivity index (χ3v) is 12.4. The minimum atomic E-state index is -2.44. The Hall–Kier alpha value is -0.843. The highest BCUT2D eigenvalue weighted by Crippen LogP contribution is 2.54. The molecule has 1 aliphatic rings. The van der Waals surface area contributed by atoms with Crippen molar-refractivity contribution in [3.63, 3.8) is 0 Å². The van der Waals surface area contributed by atoms with Gasteiger partial charge in [0.1, 0.15) is 0 Å². The van der Waals surface area contributed by atoms with E-state index in [1.54, 1.807) is 0 Å².